The van der Waals surface area contributed by atoms with Crippen molar-refractivity contribution in [3.05, 3.63) is 22.8 Å². The standard InChI is InChI=1S/C16H20ClN3O4/c17-13-7-11(8-19-15(13)24-12-3-6-23-9-12)16(22)20-4-1-10(2-5-20)14(18)21/h7-8,10,12H,1-6,9H2,(H2,18,21). The van der Waals surface area contributed by atoms with Gasteiger partial charge in [-0.25, -0.2) is 4.98 Å². The van der Waals surface area contributed by atoms with E-state index in [9.17, 15) is 9.59 Å². The van der Waals surface area contributed by atoms with Crippen LogP contribution in [0.25, 0.3) is 0 Å². The largest absolute Gasteiger partial charge is 0.471 e. The number of amides is 2. The fourth-order valence-corrected chi connectivity index (χ4v) is 3.15. The molecule has 2 aliphatic rings. The zero-order valence-electron chi connectivity index (χ0n) is 13.2. The molecule has 0 bridgehead atoms. The maximum absolute atomic E-state index is 12.5. The molecule has 8 heteroatoms. The first-order valence-corrected chi connectivity index (χ1v) is 8.41. The molecule has 2 fully saturated rings. The maximum Gasteiger partial charge on any atom is 0.255 e. The average molecular weight is 354 g/mol. The van der Waals surface area contributed by atoms with Crippen molar-refractivity contribution >= 4 is 23.4 Å². The first kappa shape index (κ1) is 17.0. The molecule has 1 aromatic rings. The van der Waals surface area contributed by atoms with Crippen LogP contribution in [0.1, 0.15) is 29.6 Å². The summed E-state index contributed by atoms with van der Waals surface area (Å²) in [4.78, 5) is 29.6. The number of carbonyl (C=O) groups is 2. The van der Waals surface area contributed by atoms with Gasteiger partial charge in [-0.15, -0.1) is 0 Å². The van der Waals surface area contributed by atoms with Gasteiger partial charge in [-0.3, -0.25) is 9.59 Å². The van der Waals surface area contributed by atoms with Crippen LogP contribution >= 0.6 is 11.6 Å². The minimum Gasteiger partial charge on any atom is -0.471 e. The normalized spacial score (nSPS) is 21.7. The number of aromatic nitrogens is 1. The Labute approximate surface area is 145 Å². The van der Waals surface area contributed by atoms with Crippen LogP contribution in [0.15, 0.2) is 12.3 Å². The van der Waals surface area contributed by atoms with E-state index < -0.39 is 0 Å². The van der Waals surface area contributed by atoms with Gasteiger partial charge in [-0.1, -0.05) is 11.6 Å². The minimum atomic E-state index is -0.302. The van der Waals surface area contributed by atoms with E-state index in [0.29, 0.717) is 55.6 Å². The lowest BCUT2D eigenvalue weighted by atomic mass is 9.96. The van der Waals surface area contributed by atoms with Crippen LogP contribution in [0, 0.1) is 5.92 Å². The predicted molar refractivity (Wildman–Crippen MR) is 86.9 cm³/mol. The molecule has 7 nitrogen and oxygen atoms in total. The number of pyridine rings is 1. The summed E-state index contributed by atoms with van der Waals surface area (Å²) in [5.74, 6) is -0.288. The number of nitrogens with two attached hydrogens (primary N) is 1. The number of primary amides is 1. The van der Waals surface area contributed by atoms with Crippen LogP contribution in [0.2, 0.25) is 5.02 Å². The summed E-state index contributed by atoms with van der Waals surface area (Å²) in [6, 6.07) is 1.57. The highest BCUT2D eigenvalue weighted by Gasteiger charge is 2.27. The van der Waals surface area contributed by atoms with Crippen LogP contribution < -0.4 is 10.5 Å². The zero-order valence-corrected chi connectivity index (χ0v) is 14.0. The summed E-state index contributed by atoms with van der Waals surface area (Å²) in [6.07, 6.45) is 3.40. The zero-order chi connectivity index (χ0) is 17.1. The number of hydrogen-bond acceptors (Lipinski definition) is 5. The molecule has 3 heterocycles. The Morgan fingerprint density at radius 2 is 2.08 bits per heavy atom. The molecule has 1 aromatic heterocycles. The summed E-state index contributed by atoms with van der Waals surface area (Å²) in [7, 11) is 0. The third kappa shape index (κ3) is 3.79. The number of nitrogens with zero attached hydrogens (tertiary/aromatic N) is 2. The minimum absolute atomic E-state index is 0.0515. The SMILES string of the molecule is NC(=O)C1CCN(C(=O)c2cnc(OC3CCOC3)c(Cl)c2)CC1. The number of carbonyl (C=O) groups excluding carboxylic acids is 2. The molecule has 0 saturated carbocycles. The van der Waals surface area contributed by atoms with Gasteiger partial charge in [-0.05, 0) is 18.9 Å². The molecule has 2 aliphatic heterocycles. The first-order chi connectivity index (χ1) is 11.5. The number of hydrogen-bond donors (Lipinski definition) is 1. The van der Waals surface area contributed by atoms with E-state index in [1.807, 2.05) is 0 Å². The van der Waals surface area contributed by atoms with E-state index in [1.54, 1.807) is 11.0 Å². The van der Waals surface area contributed by atoms with Gasteiger partial charge in [0.1, 0.15) is 11.1 Å². The fourth-order valence-electron chi connectivity index (χ4n) is 2.94. The van der Waals surface area contributed by atoms with Gasteiger partial charge in [0.2, 0.25) is 11.8 Å². The van der Waals surface area contributed by atoms with E-state index >= 15 is 0 Å². The van der Waals surface area contributed by atoms with Gasteiger partial charge in [-0.2, -0.15) is 0 Å². The van der Waals surface area contributed by atoms with E-state index in [2.05, 4.69) is 4.98 Å². The van der Waals surface area contributed by atoms with Gasteiger partial charge in [0, 0.05) is 31.6 Å². The Hall–Kier alpha value is -1.86. The van der Waals surface area contributed by atoms with Gasteiger partial charge < -0.3 is 20.1 Å². The van der Waals surface area contributed by atoms with Crippen molar-refractivity contribution in [2.45, 2.75) is 25.4 Å². The molecule has 0 spiro atoms. The summed E-state index contributed by atoms with van der Waals surface area (Å²) in [5.41, 5.74) is 5.72. The van der Waals surface area contributed by atoms with Crippen LogP contribution in [-0.4, -0.2) is 54.1 Å². The molecule has 2 saturated heterocycles. The Bertz CT molecular complexity index is 626. The molecule has 2 N–H and O–H groups in total. The first-order valence-electron chi connectivity index (χ1n) is 8.03. The highest BCUT2D eigenvalue weighted by atomic mass is 35.5. The quantitative estimate of drug-likeness (QED) is 0.878. The smallest absolute Gasteiger partial charge is 0.255 e. The van der Waals surface area contributed by atoms with Crippen molar-refractivity contribution in [1.82, 2.24) is 9.88 Å². The van der Waals surface area contributed by atoms with E-state index in [4.69, 9.17) is 26.8 Å². The molecular weight excluding hydrogens is 334 g/mol. The van der Waals surface area contributed by atoms with Crippen LogP contribution in [0.3, 0.4) is 0 Å². The lowest BCUT2D eigenvalue weighted by Gasteiger charge is -2.30. The average Bonchev–Trinajstić information content (AvgIpc) is 3.09. The number of halogens is 1. The van der Waals surface area contributed by atoms with Gasteiger partial charge in [0.15, 0.2) is 0 Å². The summed E-state index contributed by atoms with van der Waals surface area (Å²) in [6.45, 7) is 2.19. The molecule has 0 aromatic carbocycles. The summed E-state index contributed by atoms with van der Waals surface area (Å²) in [5, 5.41) is 0.305. The van der Waals surface area contributed by atoms with Crippen molar-refractivity contribution < 1.29 is 19.1 Å². The van der Waals surface area contributed by atoms with Gasteiger partial charge in [0.05, 0.1) is 18.8 Å². The van der Waals surface area contributed by atoms with E-state index in [0.717, 1.165) is 6.42 Å². The van der Waals surface area contributed by atoms with Crippen molar-refractivity contribution in [2.24, 2.45) is 11.7 Å². The third-order valence-corrected chi connectivity index (χ3v) is 4.68. The van der Waals surface area contributed by atoms with Crippen molar-refractivity contribution in [3.63, 3.8) is 0 Å². The van der Waals surface area contributed by atoms with Crippen LogP contribution in [0.4, 0.5) is 0 Å². The van der Waals surface area contributed by atoms with Crippen LogP contribution in [-0.2, 0) is 9.53 Å². The molecule has 1 unspecified atom stereocenters. The van der Waals surface area contributed by atoms with E-state index in [1.165, 1.54) is 6.20 Å². The Balaban J connectivity index is 1.63. The van der Waals surface area contributed by atoms with Crippen LogP contribution in [0.5, 0.6) is 5.88 Å². The van der Waals surface area contributed by atoms with Crippen molar-refractivity contribution in [2.75, 3.05) is 26.3 Å². The molecule has 2 amide bonds. The molecule has 3 rings (SSSR count). The summed E-state index contributed by atoms with van der Waals surface area (Å²) < 4.78 is 10.9. The second kappa shape index (κ2) is 7.36. The van der Waals surface area contributed by atoms with E-state index in [-0.39, 0.29) is 23.8 Å². The van der Waals surface area contributed by atoms with Crippen molar-refractivity contribution in [3.8, 4) is 5.88 Å². The van der Waals surface area contributed by atoms with Crippen molar-refractivity contribution in [1.29, 1.82) is 0 Å². The maximum atomic E-state index is 12.5. The number of likely N-dealkylation sites (tertiary alicyclic amines) is 1. The Morgan fingerprint density at radius 3 is 2.67 bits per heavy atom. The predicted octanol–water partition coefficient (Wildman–Crippen LogP) is 1.24. The topological polar surface area (TPSA) is 94.8 Å². The number of rotatable bonds is 4. The second-order valence-corrected chi connectivity index (χ2v) is 6.49. The third-order valence-electron chi connectivity index (χ3n) is 4.41. The Kier molecular flexibility index (Phi) is 5.20. The molecule has 0 radical (unpaired) electrons. The number of ether oxygens (including phenoxy) is 2. The monoisotopic (exact) mass is 353 g/mol. The molecule has 24 heavy (non-hydrogen) atoms. The fraction of sp³-hybridized carbons (Fsp3) is 0.562. The lowest BCUT2D eigenvalue weighted by molar-refractivity contribution is -0.123. The lowest BCUT2D eigenvalue weighted by Crippen LogP contribution is -2.41. The highest BCUT2D eigenvalue weighted by molar-refractivity contribution is 6.32. The molecule has 1 atom stereocenters. The second-order valence-electron chi connectivity index (χ2n) is 6.08. The van der Waals surface area contributed by atoms with Gasteiger partial charge >= 0.3 is 0 Å². The molecule has 0 aliphatic carbocycles. The summed E-state index contributed by atoms with van der Waals surface area (Å²) >= 11 is 6.20. The highest BCUT2D eigenvalue weighted by Crippen LogP contribution is 2.26. The Morgan fingerprint density at radius 1 is 1.33 bits per heavy atom. The van der Waals surface area contributed by atoms with Gasteiger partial charge in [0.25, 0.3) is 5.91 Å². The number of piperidine rings is 1. The molecule has 130 valence electrons. The molecular formula is C16H20ClN3O4.